The molecule has 1 unspecified atom stereocenters. The van der Waals surface area contributed by atoms with Gasteiger partial charge in [-0.3, -0.25) is 4.79 Å². The van der Waals surface area contributed by atoms with Gasteiger partial charge >= 0.3 is 0 Å². The van der Waals surface area contributed by atoms with Gasteiger partial charge in [-0.05, 0) is 5.92 Å². The largest absolute Gasteiger partial charge is 0.361 e. The molecule has 0 saturated heterocycles. The molecule has 2 nitrogen and oxygen atoms in total. The standard InChI is InChI=1S/C6H13NOS/c1-4(2)5(3)9-6(7)8/h4-5H,1-3H3,(H2,7,8). The molecular formula is C6H13NOS. The predicted molar refractivity (Wildman–Crippen MR) is 41.5 cm³/mol. The van der Waals surface area contributed by atoms with Gasteiger partial charge in [-0.1, -0.05) is 32.5 Å². The van der Waals surface area contributed by atoms with Crippen LogP contribution < -0.4 is 5.73 Å². The number of carbonyl (C=O) groups excluding carboxylic acids is 1. The van der Waals surface area contributed by atoms with Gasteiger partial charge in [0.1, 0.15) is 0 Å². The SMILES string of the molecule is CC(C)C(C)SC(N)=O. The van der Waals surface area contributed by atoms with Crippen molar-refractivity contribution in [2.75, 3.05) is 0 Å². The second-order valence-corrected chi connectivity index (χ2v) is 3.77. The van der Waals surface area contributed by atoms with Crippen LogP contribution in [0.15, 0.2) is 0 Å². The average Bonchev–Trinajstić information content (AvgIpc) is 1.63. The third-order valence-electron chi connectivity index (χ3n) is 1.24. The highest BCUT2D eigenvalue weighted by Crippen LogP contribution is 2.17. The maximum atomic E-state index is 10.3. The van der Waals surface area contributed by atoms with Crippen LogP contribution >= 0.6 is 11.8 Å². The van der Waals surface area contributed by atoms with E-state index >= 15 is 0 Å². The van der Waals surface area contributed by atoms with E-state index in [-0.39, 0.29) is 5.24 Å². The van der Waals surface area contributed by atoms with Crippen LogP contribution in [0.25, 0.3) is 0 Å². The van der Waals surface area contributed by atoms with Crippen molar-refractivity contribution in [1.82, 2.24) is 0 Å². The lowest BCUT2D eigenvalue weighted by atomic mass is 10.2. The summed E-state index contributed by atoms with van der Waals surface area (Å²) in [4.78, 5) is 10.3. The lowest BCUT2D eigenvalue weighted by Crippen LogP contribution is -2.13. The summed E-state index contributed by atoms with van der Waals surface area (Å²) < 4.78 is 0. The van der Waals surface area contributed by atoms with Crippen molar-refractivity contribution in [1.29, 1.82) is 0 Å². The van der Waals surface area contributed by atoms with Gasteiger partial charge in [0.15, 0.2) is 0 Å². The van der Waals surface area contributed by atoms with E-state index in [1.165, 1.54) is 11.8 Å². The summed E-state index contributed by atoms with van der Waals surface area (Å²) in [5.41, 5.74) is 4.96. The van der Waals surface area contributed by atoms with E-state index in [2.05, 4.69) is 13.8 Å². The van der Waals surface area contributed by atoms with Gasteiger partial charge in [-0.2, -0.15) is 0 Å². The lowest BCUT2D eigenvalue weighted by Gasteiger charge is -2.10. The van der Waals surface area contributed by atoms with Gasteiger partial charge in [0.05, 0.1) is 0 Å². The first-order valence-electron chi connectivity index (χ1n) is 3.00. The summed E-state index contributed by atoms with van der Waals surface area (Å²) in [6.45, 7) is 6.14. The monoisotopic (exact) mass is 147 g/mol. The maximum absolute atomic E-state index is 10.3. The molecule has 0 spiro atoms. The van der Waals surface area contributed by atoms with Crippen molar-refractivity contribution in [3.8, 4) is 0 Å². The Bertz CT molecular complexity index is 103. The molecule has 1 amide bonds. The number of rotatable bonds is 2. The second-order valence-electron chi connectivity index (χ2n) is 2.39. The Hall–Kier alpha value is -0.180. The van der Waals surface area contributed by atoms with E-state index < -0.39 is 0 Å². The van der Waals surface area contributed by atoms with Crippen LogP contribution in [0.4, 0.5) is 4.79 Å². The molecule has 0 radical (unpaired) electrons. The van der Waals surface area contributed by atoms with Crippen LogP contribution in [0.3, 0.4) is 0 Å². The Morgan fingerprint density at radius 3 is 2.00 bits per heavy atom. The van der Waals surface area contributed by atoms with E-state index in [1.807, 2.05) is 6.92 Å². The Kier molecular flexibility index (Phi) is 3.70. The van der Waals surface area contributed by atoms with Crippen molar-refractivity contribution in [3.63, 3.8) is 0 Å². The minimum atomic E-state index is -0.281. The van der Waals surface area contributed by atoms with E-state index in [1.54, 1.807) is 0 Å². The lowest BCUT2D eigenvalue weighted by molar-refractivity contribution is 0.267. The first-order chi connectivity index (χ1) is 4.04. The highest BCUT2D eigenvalue weighted by atomic mass is 32.2. The quantitative estimate of drug-likeness (QED) is 0.647. The van der Waals surface area contributed by atoms with Crippen LogP contribution in [0.2, 0.25) is 0 Å². The molecule has 0 aliphatic rings. The zero-order valence-electron chi connectivity index (χ0n) is 6.05. The van der Waals surface area contributed by atoms with Gasteiger partial charge in [0, 0.05) is 5.25 Å². The Morgan fingerprint density at radius 1 is 1.44 bits per heavy atom. The Balaban J connectivity index is 3.50. The van der Waals surface area contributed by atoms with Crippen molar-refractivity contribution in [2.24, 2.45) is 11.7 Å². The summed E-state index contributed by atoms with van der Waals surface area (Å²) in [5.74, 6) is 0.516. The molecule has 3 heteroatoms. The Labute approximate surface area is 60.2 Å². The molecule has 0 aliphatic carbocycles. The smallest absolute Gasteiger partial charge is 0.276 e. The van der Waals surface area contributed by atoms with Crippen molar-refractivity contribution < 1.29 is 4.79 Å². The summed E-state index contributed by atoms with van der Waals surface area (Å²) >= 11 is 1.20. The normalized spacial score (nSPS) is 13.8. The predicted octanol–water partition coefficient (Wildman–Crippen LogP) is 1.84. The molecule has 0 rings (SSSR count). The molecule has 1 atom stereocenters. The van der Waals surface area contributed by atoms with Crippen LogP contribution in [0.1, 0.15) is 20.8 Å². The molecule has 0 aromatic heterocycles. The van der Waals surface area contributed by atoms with Crippen LogP contribution in [-0.2, 0) is 0 Å². The van der Waals surface area contributed by atoms with Crippen molar-refractivity contribution in [2.45, 2.75) is 26.0 Å². The van der Waals surface area contributed by atoms with E-state index in [9.17, 15) is 4.79 Å². The number of amides is 1. The maximum Gasteiger partial charge on any atom is 0.276 e. The molecule has 0 heterocycles. The van der Waals surface area contributed by atoms with Crippen LogP contribution in [-0.4, -0.2) is 10.5 Å². The zero-order valence-corrected chi connectivity index (χ0v) is 6.87. The number of carbonyl (C=O) groups is 1. The highest BCUT2D eigenvalue weighted by Gasteiger charge is 2.09. The fourth-order valence-corrected chi connectivity index (χ4v) is 0.958. The number of thioether (sulfide) groups is 1. The third-order valence-corrected chi connectivity index (χ3v) is 2.39. The number of nitrogens with two attached hydrogens (primary N) is 1. The van der Waals surface area contributed by atoms with E-state index in [0.29, 0.717) is 11.2 Å². The van der Waals surface area contributed by atoms with Crippen molar-refractivity contribution in [3.05, 3.63) is 0 Å². The molecular weight excluding hydrogens is 134 g/mol. The van der Waals surface area contributed by atoms with Gasteiger partial charge in [-0.25, -0.2) is 0 Å². The van der Waals surface area contributed by atoms with Gasteiger partial charge in [0.2, 0.25) is 0 Å². The first kappa shape index (κ1) is 8.82. The van der Waals surface area contributed by atoms with Gasteiger partial charge in [-0.15, -0.1) is 0 Å². The molecule has 0 fully saturated rings. The van der Waals surface area contributed by atoms with Gasteiger partial charge < -0.3 is 5.73 Å². The molecule has 0 aromatic rings. The minimum absolute atomic E-state index is 0.281. The summed E-state index contributed by atoms with van der Waals surface area (Å²) in [6, 6.07) is 0. The summed E-state index contributed by atoms with van der Waals surface area (Å²) in [5, 5.41) is 0.0544. The molecule has 9 heavy (non-hydrogen) atoms. The van der Waals surface area contributed by atoms with Crippen LogP contribution in [0, 0.1) is 5.92 Å². The fraction of sp³-hybridized carbons (Fsp3) is 0.833. The zero-order chi connectivity index (χ0) is 7.44. The molecule has 0 aliphatic heterocycles. The third kappa shape index (κ3) is 4.33. The molecule has 0 aromatic carbocycles. The number of hydrogen-bond acceptors (Lipinski definition) is 2. The molecule has 0 bridgehead atoms. The molecule has 54 valence electrons. The summed E-state index contributed by atoms with van der Waals surface area (Å²) in [6.07, 6.45) is 0. The van der Waals surface area contributed by atoms with Gasteiger partial charge in [0.25, 0.3) is 5.24 Å². The highest BCUT2D eigenvalue weighted by molar-refractivity contribution is 8.14. The average molecular weight is 147 g/mol. The molecule has 2 N–H and O–H groups in total. The Morgan fingerprint density at radius 2 is 1.89 bits per heavy atom. The number of hydrogen-bond donors (Lipinski definition) is 1. The second kappa shape index (κ2) is 3.77. The number of primary amides is 1. The van der Waals surface area contributed by atoms with E-state index in [0.717, 1.165) is 0 Å². The van der Waals surface area contributed by atoms with E-state index in [4.69, 9.17) is 5.73 Å². The van der Waals surface area contributed by atoms with Crippen molar-refractivity contribution >= 4 is 17.0 Å². The minimum Gasteiger partial charge on any atom is -0.361 e. The topological polar surface area (TPSA) is 43.1 Å². The first-order valence-corrected chi connectivity index (χ1v) is 3.88. The van der Waals surface area contributed by atoms with Crippen LogP contribution in [0.5, 0.6) is 0 Å². The molecule has 0 saturated carbocycles. The fourth-order valence-electron chi connectivity index (χ4n) is 0.319. The summed E-state index contributed by atoms with van der Waals surface area (Å²) in [7, 11) is 0.